The zero-order valence-corrected chi connectivity index (χ0v) is 15.1. The number of aromatic nitrogens is 2. The molecule has 2 atom stereocenters. The third-order valence-corrected chi connectivity index (χ3v) is 3.89. The van der Waals surface area contributed by atoms with Gasteiger partial charge in [0.2, 0.25) is 5.95 Å². The first-order valence-corrected chi connectivity index (χ1v) is 8.40. The van der Waals surface area contributed by atoms with Gasteiger partial charge in [0.1, 0.15) is 5.82 Å². The molecule has 0 radical (unpaired) electrons. The molecule has 25 heavy (non-hydrogen) atoms. The van der Waals surface area contributed by atoms with Crippen LogP contribution in [0.2, 0.25) is 0 Å². The molecule has 2 unspecified atom stereocenters. The number of hydrogen-bond acceptors (Lipinski definition) is 6. The van der Waals surface area contributed by atoms with Crippen LogP contribution in [0.1, 0.15) is 26.0 Å². The van der Waals surface area contributed by atoms with E-state index in [-0.39, 0.29) is 24.0 Å². The Labute approximate surface area is 146 Å². The number of alkyl halides is 3. The average molecular weight is 361 g/mol. The van der Waals surface area contributed by atoms with Crippen molar-refractivity contribution in [1.29, 1.82) is 0 Å². The van der Waals surface area contributed by atoms with E-state index in [1.54, 1.807) is 14.1 Å². The Morgan fingerprint density at radius 3 is 2.44 bits per heavy atom. The molecule has 1 aliphatic rings. The molecule has 0 bridgehead atoms. The van der Waals surface area contributed by atoms with Crippen molar-refractivity contribution in [2.45, 2.75) is 38.7 Å². The lowest BCUT2D eigenvalue weighted by Gasteiger charge is -2.35. The predicted molar refractivity (Wildman–Crippen MR) is 90.9 cm³/mol. The van der Waals surface area contributed by atoms with Crippen LogP contribution >= 0.6 is 0 Å². The highest BCUT2D eigenvalue weighted by Crippen LogP contribution is 2.30. The summed E-state index contributed by atoms with van der Waals surface area (Å²) in [6.45, 7) is 7.18. The van der Waals surface area contributed by atoms with Gasteiger partial charge in [-0.25, -0.2) is 4.98 Å². The van der Waals surface area contributed by atoms with E-state index in [1.807, 2.05) is 13.8 Å². The maximum absolute atomic E-state index is 13.0. The summed E-state index contributed by atoms with van der Waals surface area (Å²) in [7, 11) is 3.29. The number of nitrogens with one attached hydrogen (secondary N) is 1. The molecule has 1 aromatic rings. The second kappa shape index (κ2) is 8.18. The lowest BCUT2D eigenvalue weighted by atomic mass is 10.2. The van der Waals surface area contributed by atoms with Gasteiger partial charge in [0.25, 0.3) is 0 Å². The second-order valence-corrected chi connectivity index (χ2v) is 6.62. The second-order valence-electron chi connectivity index (χ2n) is 6.62. The van der Waals surface area contributed by atoms with Gasteiger partial charge in [-0.2, -0.15) is 18.2 Å². The topological polar surface area (TPSA) is 53.5 Å². The highest BCUT2D eigenvalue weighted by Gasteiger charge is 2.34. The van der Waals surface area contributed by atoms with Gasteiger partial charge >= 0.3 is 6.18 Å². The van der Waals surface area contributed by atoms with E-state index in [1.165, 1.54) is 4.90 Å². The molecule has 1 aromatic heterocycles. The molecular formula is C16H26F3N5O. The van der Waals surface area contributed by atoms with E-state index in [9.17, 15) is 13.2 Å². The predicted octanol–water partition coefficient (Wildman–Crippen LogP) is 2.47. The average Bonchev–Trinajstić information content (AvgIpc) is 2.49. The first-order valence-electron chi connectivity index (χ1n) is 8.40. The van der Waals surface area contributed by atoms with Crippen molar-refractivity contribution in [3.05, 3.63) is 11.8 Å². The molecule has 1 N–H and O–H groups in total. The molecule has 6 nitrogen and oxygen atoms in total. The number of nitrogens with zero attached hydrogens (tertiary/aromatic N) is 4. The van der Waals surface area contributed by atoms with Crippen molar-refractivity contribution in [1.82, 2.24) is 14.9 Å². The lowest BCUT2D eigenvalue weighted by Crippen LogP contribution is -2.45. The zero-order valence-electron chi connectivity index (χ0n) is 15.1. The van der Waals surface area contributed by atoms with Gasteiger partial charge in [-0.1, -0.05) is 0 Å². The van der Waals surface area contributed by atoms with E-state index >= 15 is 0 Å². The van der Waals surface area contributed by atoms with E-state index in [4.69, 9.17) is 4.74 Å². The molecule has 2 rings (SSSR count). The maximum atomic E-state index is 13.0. The Bertz CT molecular complexity index is 557. The summed E-state index contributed by atoms with van der Waals surface area (Å²) in [5, 5.41) is 2.91. The lowest BCUT2D eigenvalue weighted by molar-refractivity contribution is -0.141. The molecule has 0 amide bonds. The summed E-state index contributed by atoms with van der Waals surface area (Å²) in [4.78, 5) is 11.5. The Hall–Kier alpha value is -1.61. The number of ether oxygens (including phenoxy) is 1. The fraction of sp³-hybridized carbons (Fsp3) is 0.750. The number of anilines is 2. The minimum absolute atomic E-state index is 0.00207. The summed E-state index contributed by atoms with van der Waals surface area (Å²) in [5.74, 6) is 0.225. The fourth-order valence-corrected chi connectivity index (χ4v) is 2.86. The highest BCUT2D eigenvalue weighted by atomic mass is 19.4. The normalized spacial score (nSPS) is 22.0. The van der Waals surface area contributed by atoms with Crippen molar-refractivity contribution in [2.75, 3.05) is 50.5 Å². The smallest absolute Gasteiger partial charge is 0.373 e. The van der Waals surface area contributed by atoms with E-state index < -0.39 is 11.9 Å². The van der Waals surface area contributed by atoms with Crippen LogP contribution in [0, 0.1) is 0 Å². The molecular weight excluding hydrogens is 335 g/mol. The van der Waals surface area contributed by atoms with E-state index in [2.05, 4.69) is 20.2 Å². The van der Waals surface area contributed by atoms with Gasteiger partial charge in [-0.3, -0.25) is 4.90 Å². The SMILES string of the molecule is CC1CN(CCCNc2nc(N(C)C)cc(C(F)(F)F)n2)CC(C)O1. The highest BCUT2D eigenvalue weighted by molar-refractivity contribution is 5.44. The molecule has 0 aliphatic carbocycles. The molecule has 1 saturated heterocycles. The van der Waals surface area contributed by atoms with Crippen LogP contribution < -0.4 is 10.2 Å². The Kier molecular flexibility index (Phi) is 6.45. The van der Waals surface area contributed by atoms with Gasteiger partial charge in [0.15, 0.2) is 5.69 Å². The number of halogens is 3. The molecule has 142 valence electrons. The van der Waals surface area contributed by atoms with Crippen molar-refractivity contribution in [3.8, 4) is 0 Å². The first kappa shape index (κ1) is 19.7. The monoisotopic (exact) mass is 361 g/mol. The minimum Gasteiger partial charge on any atom is -0.373 e. The number of rotatable bonds is 6. The van der Waals surface area contributed by atoms with Crippen molar-refractivity contribution in [3.63, 3.8) is 0 Å². The summed E-state index contributed by atoms with van der Waals surface area (Å²) in [6.07, 6.45) is -3.31. The summed E-state index contributed by atoms with van der Waals surface area (Å²) >= 11 is 0. The van der Waals surface area contributed by atoms with Gasteiger partial charge in [-0.05, 0) is 20.3 Å². The summed E-state index contributed by atoms with van der Waals surface area (Å²) in [5.41, 5.74) is -0.940. The van der Waals surface area contributed by atoms with Crippen LogP contribution in [-0.4, -0.2) is 67.4 Å². The van der Waals surface area contributed by atoms with Crippen LogP contribution in [0.15, 0.2) is 6.07 Å². The van der Waals surface area contributed by atoms with Crippen molar-refractivity contribution in [2.24, 2.45) is 0 Å². The largest absolute Gasteiger partial charge is 0.433 e. The molecule has 0 saturated carbocycles. The Morgan fingerprint density at radius 2 is 1.88 bits per heavy atom. The van der Waals surface area contributed by atoms with Crippen LogP contribution in [0.4, 0.5) is 24.9 Å². The summed E-state index contributed by atoms with van der Waals surface area (Å²) < 4.78 is 44.6. The standard InChI is InChI=1S/C16H26F3N5O/c1-11-9-24(10-12(2)25-11)7-5-6-20-15-21-13(16(17,18)19)8-14(22-15)23(3)4/h8,11-12H,5-7,9-10H2,1-4H3,(H,20,21,22). The van der Waals surface area contributed by atoms with Gasteiger partial charge < -0.3 is 15.0 Å². The van der Waals surface area contributed by atoms with E-state index in [0.29, 0.717) is 6.54 Å². The van der Waals surface area contributed by atoms with Gasteiger partial charge in [-0.15, -0.1) is 0 Å². The minimum atomic E-state index is -4.50. The van der Waals surface area contributed by atoms with Crippen molar-refractivity contribution < 1.29 is 17.9 Å². The maximum Gasteiger partial charge on any atom is 0.433 e. The molecule has 2 heterocycles. The van der Waals surface area contributed by atoms with Gasteiger partial charge in [0.05, 0.1) is 12.2 Å². The van der Waals surface area contributed by atoms with E-state index in [0.717, 1.165) is 32.1 Å². The fourth-order valence-electron chi connectivity index (χ4n) is 2.86. The molecule has 9 heteroatoms. The van der Waals surface area contributed by atoms with Crippen molar-refractivity contribution >= 4 is 11.8 Å². The first-order chi connectivity index (χ1) is 11.6. The molecule has 1 fully saturated rings. The Morgan fingerprint density at radius 1 is 1.24 bits per heavy atom. The van der Waals surface area contributed by atoms with Gasteiger partial charge in [0, 0.05) is 46.3 Å². The quantitative estimate of drug-likeness (QED) is 0.786. The van der Waals surface area contributed by atoms with Crippen LogP contribution in [0.5, 0.6) is 0 Å². The Balaban J connectivity index is 1.90. The van der Waals surface area contributed by atoms with Crippen LogP contribution in [-0.2, 0) is 10.9 Å². The number of morpholine rings is 1. The molecule has 0 aromatic carbocycles. The van der Waals surface area contributed by atoms with Crippen LogP contribution in [0.25, 0.3) is 0 Å². The number of hydrogen-bond donors (Lipinski definition) is 1. The summed E-state index contributed by atoms with van der Waals surface area (Å²) in [6, 6.07) is 0.946. The molecule has 0 spiro atoms. The third-order valence-electron chi connectivity index (χ3n) is 3.89. The molecule has 1 aliphatic heterocycles. The zero-order chi connectivity index (χ0) is 18.6. The van der Waals surface area contributed by atoms with Crippen LogP contribution in [0.3, 0.4) is 0 Å². The third kappa shape index (κ3) is 6.00.